The summed E-state index contributed by atoms with van der Waals surface area (Å²) in [5, 5.41) is 16.9. The number of thiocarbonyl (C=S) groups is 1. The topological polar surface area (TPSA) is 96.9 Å². The smallest absolute Gasteiger partial charge is 0.331 e. The summed E-state index contributed by atoms with van der Waals surface area (Å²) in [5.41, 5.74) is 10.0. The summed E-state index contributed by atoms with van der Waals surface area (Å²) in [6.07, 6.45) is 11.0. The normalized spacial score (nSPS) is 47.8. The molecule has 4 N–H and O–H groups in total. The van der Waals surface area contributed by atoms with Crippen LogP contribution in [0.5, 0.6) is 0 Å². The summed E-state index contributed by atoms with van der Waals surface area (Å²) in [4.78, 5) is 11.7. The van der Waals surface area contributed by atoms with Crippen molar-refractivity contribution in [3.63, 3.8) is 0 Å². The molecule has 1 aliphatic heterocycles. The van der Waals surface area contributed by atoms with E-state index in [1.165, 1.54) is 5.71 Å². The number of aliphatic hydroxyl groups is 1. The van der Waals surface area contributed by atoms with E-state index in [1.54, 1.807) is 6.08 Å². The van der Waals surface area contributed by atoms with E-state index in [2.05, 4.69) is 24.4 Å². The number of hydrogen-bond donors (Lipinski definition) is 3. The predicted octanol–water partition coefficient (Wildman–Crippen LogP) is 3.43. The van der Waals surface area contributed by atoms with Gasteiger partial charge in [-0.2, -0.15) is 5.10 Å². The largest absolute Gasteiger partial charge is 0.458 e. The fraction of sp³-hybridized carbons (Fsp3) is 0.792. The molecule has 5 rings (SSSR count). The number of hydrogen-bond acceptors (Lipinski definition) is 5. The number of ether oxygens (including phenoxy) is 1. The maximum atomic E-state index is 12.2. The minimum Gasteiger partial charge on any atom is -0.458 e. The van der Waals surface area contributed by atoms with Gasteiger partial charge >= 0.3 is 5.97 Å². The van der Waals surface area contributed by atoms with E-state index in [1.807, 2.05) is 0 Å². The number of carbonyl (C=O) groups is 1. The average Bonchev–Trinajstić information content (AvgIpc) is 3.26. The molecular formula is C24H35N3O3S. The Morgan fingerprint density at radius 1 is 1.23 bits per heavy atom. The molecule has 0 bridgehead atoms. The standard InChI is InChI=1S/C24H35N3O3S/c1-22-8-5-16(26-27-21(25)31)12-15(22)3-4-19-18(22)6-9-23(2)17(7-10-24(19,23)29)14-11-20(28)30-13-14/h11,15,17-19,29H,3-10,12-13H2,1-2H3,(H3,25,27,31)/t15-,17-,18-,19+,22-,23+,24+/m0/s1. The van der Waals surface area contributed by atoms with Gasteiger partial charge in [-0.3, -0.25) is 5.43 Å². The first kappa shape index (κ1) is 21.4. The van der Waals surface area contributed by atoms with Crippen LogP contribution in [0.2, 0.25) is 0 Å². The minimum absolute atomic E-state index is 0.167. The molecule has 170 valence electrons. The van der Waals surface area contributed by atoms with Gasteiger partial charge in [0.1, 0.15) is 6.61 Å². The zero-order valence-corrected chi connectivity index (χ0v) is 19.5. The van der Waals surface area contributed by atoms with Crippen molar-refractivity contribution in [3.05, 3.63) is 11.6 Å². The van der Waals surface area contributed by atoms with Gasteiger partial charge < -0.3 is 15.6 Å². The monoisotopic (exact) mass is 445 g/mol. The number of nitrogens with zero attached hydrogens (tertiary/aromatic N) is 1. The molecule has 0 amide bonds. The van der Waals surface area contributed by atoms with E-state index in [0.717, 1.165) is 63.4 Å². The molecule has 0 unspecified atom stereocenters. The second kappa shape index (κ2) is 7.27. The number of esters is 1. The Bertz CT molecular complexity index is 872. The van der Waals surface area contributed by atoms with Gasteiger partial charge in [-0.1, -0.05) is 13.8 Å². The highest BCUT2D eigenvalue weighted by atomic mass is 32.1. The second-order valence-electron chi connectivity index (χ2n) is 11.1. The van der Waals surface area contributed by atoms with Crippen molar-refractivity contribution in [3.8, 4) is 0 Å². The van der Waals surface area contributed by atoms with Gasteiger partial charge in [0, 0.05) is 17.2 Å². The fourth-order valence-corrected chi connectivity index (χ4v) is 8.49. The zero-order chi connectivity index (χ0) is 22.0. The summed E-state index contributed by atoms with van der Waals surface area (Å²) < 4.78 is 5.23. The fourth-order valence-electron chi connectivity index (χ4n) is 8.45. The number of cyclic esters (lactones) is 1. The Kier molecular flexibility index (Phi) is 5.02. The average molecular weight is 446 g/mol. The van der Waals surface area contributed by atoms with E-state index in [4.69, 9.17) is 22.7 Å². The predicted molar refractivity (Wildman–Crippen MR) is 123 cm³/mol. The zero-order valence-electron chi connectivity index (χ0n) is 18.7. The molecule has 4 aliphatic carbocycles. The third-order valence-corrected chi connectivity index (χ3v) is 10.2. The maximum Gasteiger partial charge on any atom is 0.331 e. The lowest BCUT2D eigenvalue weighted by Gasteiger charge is -2.63. The quantitative estimate of drug-likeness (QED) is 0.342. The van der Waals surface area contributed by atoms with Crippen LogP contribution in [0.4, 0.5) is 0 Å². The Hall–Kier alpha value is -1.47. The highest BCUT2D eigenvalue weighted by Gasteiger charge is 2.67. The number of nitrogens with one attached hydrogen (secondary N) is 1. The van der Waals surface area contributed by atoms with Crippen LogP contribution in [0, 0.1) is 34.5 Å². The van der Waals surface area contributed by atoms with Crippen molar-refractivity contribution in [2.75, 3.05) is 6.61 Å². The molecule has 0 aromatic carbocycles. The van der Waals surface area contributed by atoms with Gasteiger partial charge in [0.15, 0.2) is 5.11 Å². The van der Waals surface area contributed by atoms with Crippen molar-refractivity contribution in [2.24, 2.45) is 45.3 Å². The van der Waals surface area contributed by atoms with Gasteiger partial charge in [-0.15, -0.1) is 0 Å². The minimum atomic E-state index is -0.650. The van der Waals surface area contributed by atoms with E-state index >= 15 is 0 Å². The van der Waals surface area contributed by atoms with Gasteiger partial charge in [0.2, 0.25) is 0 Å². The van der Waals surface area contributed by atoms with Crippen molar-refractivity contribution < 1.29 is 14.6 Å². The molecule has 0 saturated heterocycles. The van der Waals surface area contributed by atoms with Crippen LogP contribution in [0.25, 0.3) is 0 Å². The van der Waals surface area contributed by atoms with E-state index in [-0.39, 0.29) is 27.8 Å². The molecular weight excluding hydrogens is 410 g/mol. The van der Waals surface area contributed by atoms with E-state index in [0.29, 0.717) is 24.4 Å². The molecule has 0 radical (unpaired) electrons. The van der Waals surface area contributed by atoms with Crippen molar-refractivity contribution >= 4 is 29.0 Å². The molecule has 1 heterocycles. The van der Waals surface area contributed by atoms with E-state index in [9.17, 15) is 9.90 Å². The van der Waals surface area contributed by atoms with E-state index < -0.39 is 5.60 Å². The lowest BCUT2D eigenvalue weighted by molar-refractivity contribution is -0.200. The van der Waals surface area contributed by atoms with Crippen LogP contribution < -0.4 is 11.2 Å². The first-order valence-electron chi connectivity index (χ1n) is 11.9. The summed E-state index contributed by atoms with van der Waals surface area (Å²) in [5.74, 6) is 1.52. The van der Waals surface area contributed by atoms with Crippen molar-refractivity contribution in [1.29, 1.82) is 0 Å². The summed E-state index contributed by atoms with van der Waals surface area (Å²) >= 11 is 4.90. The Labute approximate surface area is 190 Å². The number of rotatable bonds is 2. The number of fused-ring (bicyclic) bond motifs is 5. The number of carbonyl (C=O) groups excluding carboxylic acids is 1. The Morgan fingerprint density at radius 2 is 2.03 bits per heavy atom. The third kappa shape index (κ3) is 3.10. The van der Waals surface area contributed by atoms with Gasteiger partial charge in [-0.25, -0.2) is 4.79 Å². The Morgan fingerprint density at radius 3 is 2.74 bits per heavy atom. The van der Waals surface area contributed by atoms with Crippen LogP contribution in [0.15, 0.2) is 16.8 Å². The molecule has 0 aromatic rings. The number of nitrogens with two attached hydrogens (primary N) is 1. The third-order valence-electron chi connectivity index (χ3n) is 10.1. The highest BCUT2D eigenvalue weighted by Crippen LogP contribution is 2.69. The lowest BCUT2D eigenvalue weighted by atomic mass is 9.43. The van der Waals surface area contributed by atoms with Crippen LogP contribution >= 0.6 is 12.2 Å². The molecule has 7 heteroatoms. The summed E-state index contributed by atoms with van der Waals surface area (Å²) in [7, 11) is 0. The highest BCUT2D eigenvalue weighted by molar-refractivity contribution is 7.80. The van der Waals surface area contributed by atoms with Crippen molar-refractivity contribution in [1.82, 2.24) is 5.43 Å². The SMILES string of the molecule is C[C@]12CCC(=NNC(N)=S)C[C@@H]1CC[C@@H]1[C@@H]2CC[C@]2(C)[C@H](C3=CC(=O)OC3)CC[C@@]12O. The number of hydrazone groups is 1. The second-order valence-corrected chi connectivity index (χ2v) is 11.6. The van der Waals surface area contributed by atoms with Crippen LogP contribution in [-0.2, 0) is 9.53 Å². The molecule has 5 aliphatic rings. The summed E-state index contributed by atoms with van der Waals surface area (Å²) in [6.45, 7) is 5.16. The van der Waals surface area contributed by atoms with Gasteiger partial charge in [0.25, 0.3) is 0 Å². The molecule has 0 aromatic heterocycles. The first-order valence-corrected chi connectivity index (χ1v) is 12.3. The lowest BCUT2D eigenvalue weighted by Crippen LogP contribution is -2.62. The molecule has 31 heavy (non-hydrogen) atoms. The van der Waals surface area contributed by atoms with Gasteiger partial charge in [0.05, 0.1) is 5.60 Å². The maximum absolute atomic E-state index is 12.2. The first-order chi connectivity index (χ1) is 14.7. The Balaban J connectivity index is 1.39. The molecule has 4 saturated carbocycles. The van der Waals surface area contributed by atoms with Crippen LogP contribution in [0.3, 0.4) is 0 Å². The molecule has 4 fully saturated rings. The van der Waals surface area contributed by atoms with Crippen LogP contribution in [0.1, 0.15) is 71.6 Å². The molecule has 0 spiro atoms. The molecule has 7 atom stereocenters. The van der Waals surface area contributed by atoms with Gasteiger partial charge in [-0.05, 0) is 105 Å². The molecule has 6 nitrogen and oxygen atoms in total. The van der Waals surface area contributed by atoms with Crippen molar-refractivity contribution in [2.45, 2.75) is 77.2 Å². The summed E-state index contributed by atoms with van der Waals surface area (Å²) in [6, 6.07) is 0. The van der Waals surface area contributed by atoms with Crippen LogP contribution in [-0.4, -0.2) is 34.1 Å².